The molecule has 4 rings (SSSR count). The fraction of sp³-hybridized carbons (Fsp3) is 0.120. The van der Waals surface area contributed by atoms with Gasteiger partial charge in [0.1, 0.15) is 12.4 Å². The predicted molar refractivity (Wildman–Crippen MR) is 130 cm³/mol. The van der Waals surface area contributed by atoms with Crippen LogP contribution in [0.4, 0.5) is 0 Å². The van der Waals surface area contributed by atoms with Gasteiger partial charge in [-0.15, -0.1) is 6.58 Å². The zero-order chi connectivity index (χ0) is 23.2. The number of allylic oxidation sites excluding steroid dienone is 1. The van der Waals surface area contributed by atoms with Crippen LogP contribution in [0.2, 0.25) is 0 Å². The molecule has 0 atom stereocenters. The van der Waals surface area contributed by atoms with Gasteiger partial charge in [-0.2, -0.15) is 0 Å². The molecule has 2 N–H and O–H groups in total. The number of rotatable bonds is 8. The number of benzene rings is 2. The number of carbonyl (C=O) groups excluding carboxylic acids is 1. The summed E-state index contributed by atoms with van der Waals surface area (Å²) < 4.78 is 7.44. The normalized spacial score (nSPS) is 10.7. The minimum Gasteiger partial charge on any atom is -0.487 e. The lowest BCUT2D eigenvalue weighted by atomic mass is 10.1. The van der Waals surface area contributed by atoms with Crippen molar-refractivity contribution in [1.29, 1.82) is 0 Å². The predicted octanol–water partition coefficient (Wildman–Crippen LogP) is 4.15. The number of ether oxygens (including phenoxy) is 1. The van der Waals surface area contributed by atoms with Gasteiger partial charge in [-0.05, 0) is 60.2 Å². The lowest BCUT2D eigenvalue weighted by Crippen LogP contribution is -2.24. The summed E-state index contributed by atoms with van der Waals surface area (Å²) in [6.07, 6.45) is 3.34. The van der Waals surface area contributed by atoms with Crippen LogP contribution < -0.4 is 15.6 Å². The van der Waals surface area contributed by atoms with E-state index in [9.17, 15) is 9.59 Å². The number of nitrogens with one attached hydrogen (secondary N) is 2. The molecule has 2 heterocycles. The minimum atomic E-state index is -0.248. The zero-order valence-electron chi connectivity index (χ0n) is 17.8. The van der Waals surface area contributed by atoms with Crippen LogP contribution in [-0.4, -0.2) is 20.4 Å². The highest BCUT2D eigenvalue weighted by molar-refractivity contribution is 7.71. The molecule has 8 heteroatoms. The minimum absolute atomic E-state index is 0.217. The van der Waals surface area contributed by atoms with Crippen LogP contribution in [0, 0.1) is 4.77 Å². The fourth-order valence-electron chi connectivity index (χ4n) is 3.32. The molecule has 0 aliphatic carbocycles. The maximum Gasteiger partial charge on any atom is 0.262 e. The number of hydrogen-bond donors (Lipinski definition) is 2. The van der Waals surface area contributed by atoms with Crippen LogP contribution in [0.1, 0.15) is 21.6 Å². The second-order valence-corrected chi connectivity index (χ2v) is 7.72. The third kappa shape index (κ3) is 5.24. The van der Waals surface area contributed by atoms with Crippen molar-refractivity contribution in [2.24, 2.45) is 0 Å². The summed E-state index contributed by atoms with van der Waals surface area (Å²) in [5, 5.41) is 3.35. The van der Waals surface area contributed by atoms with Crippen LogP contribution in [0.15, 0.2) is 84.3 Å². The van der Waals surface area contributed by atoms with Crippen LogP contribution >= 0.6 is 12.2 Å². The summed E-state index contributed by atoms with van der Waals surface area (Å²) in [5.41, 5.74) is 2.52. The van der Waals surface area contributed by atoms with Crippen LogP contribution in [0.25, 0.3) is 10.9 Å². The average Bonchev–Trinajstić information content (AvgIpc) is 2.84. The van der Waals surface area contributed by atoms with Crippen LogP contribution in [0.3, 0.4) is 0 Å². The molecule has 2 aromatic carbocycles. The third-order valence-corrected chi connectivity index (χ3v) is 5.37. The highest BCUT2D eigenvalue weighted by Gasteiger charge is 2.10. The Morgan fingerprint density at radius 1 is 1.18 bits per heavy atom. The lowest BCUT2D eigenvalue weighted by Gasteiger charge is -2.09. The molecular weight excluding hydrogens is 436 g/mol. The molecule has 0 radical (unpaired) electrons. The van der Waals surface area contributed by atoms with Crippen molar-refractivity contribution in [3.63, 3.8) is 0 Å². The maximum absolute atomic E-state index is 12.6. The van der Waals surface area contributed by atoms with Crippen molar-refractivity contribution in [1.82, 2.24) is 19.9 Å². The highest BCUT2D eigenvalue weighted by atomic mass is 32.1. The Labute approximate surface area is 195 Å². The SMILES string of the molecule is C=CCn1c(=S)[nH]c2cc(C(=O)NCc3ccc(OCc4ccccn4)cc3)ccc2c1=O. The van der Waals surface area contributed by atoms with E-state index in [0.29, 0.717) is 36.2 Å². The first-order valence-electron chi connectivity index (χ1n) is 10.3. The molecule has 7 nitrogen and oxygen atoms in total. The number of pyridine rings is 1. The van der Waals surface area contributed by atoms with Crippen LogP contribution in [0.5, 0.6) is 5.75 Å². The van der Waals surface area contributed by atoms with Gasteiger partial charge < -0.3 is 15.0 Å². The van der Waals surface area contributed by atoms with E-state index in [4.69, 9.17) is 17.0 Å². The van der Waals surface area contributed by atoms with Crippen molar-refractivity contribution in [3.05, 3.63) is 111 Å². The number of fused-ring (bicyclic) bond motifs is 1. The Morgan fingerprint density at radius 3 is 2.73 bits per heavy atom. The molecule has 0 saturated heterocycles. The first-order chi connectivity index (χ1) is 16.0. The summed E-state index contributed by atoms with van der Waals surface area (Å²) in [6.45, 7) is 4.71. The van der Waals surface area contributed by atoms with Gasteiger partial charge in [0.25, 0.3) is 11.5 Å². The van der Waals surface area contributed by atoms with Crippen molar-refractivity contribution in [2.45, 2.75) is 19.7 Å². The van der Waals surface area contributed by atoms with Gasteiger partial charge in [-0.25, -0.2) is 0 Å². The molecule has 0 fully saturated rings. The number of hydrogen-bond acceptors (Lipinski definition) is 5. The summed E-state index contributed by atoms with van der Waals surface area (Å²) >= 11 is 5.26. The number of nitrogens with zero attached hydrogens (tertiary/aromatic N) is 2. The number of H-pyrrole nitrogens is 1. The highest BCUT2D eigenvalue weighted by Crippen LogP contribution is 2.15. The fourth-order valence-corrected chi connectivity index (χ4v) is 3.59. The molecule has 0 bridgehead atoms. The number of aromatic nitrogens is 3. The Kier molecular flexibility index (Phi) is 6.75. The van der Waals surface area contributed by atoms with Crippen molar-refractivity contribution in [2.75, 3.05) is 0 Å². The molecule has 33 heavy (non-hydrogen) atoms. The summed E-state index contributed by atoms with van der Waals surface area (Å²) in [6, 6.07) is 18.1. The van der Waals surface area contributed by atoms with Gasteiger partial charge in [0.05, 0.1) is 16.6 Å². The molecule has 1 amide bonds. The Bertz CT molecular complexity index is 1410. The first kappa shape index (κ1) is 22.2. The number of amides is 1. The second kappa shape index (κ2) is 10.1. The van der Waals surface area contributed by atoms with Gasteiger partial charge >= 0.3 is 0 Å². The zero-order valence-corrected chi connectivity index (χ0v) is 18.6. The van der Waals surface area contributed by atoms with Crippen molar-refractivity contribution in [3.8, 4) is 5.75 Å². The monoisotopic (exact) mass is 458 g/mol. The molecule has 0 unspecified atom stereocenters. The first-order valence-corrected chi connectivity index (χ1v) is 10.7. The summed E-state index contributed by atoms with van der Waals surface area (Å²) in [5.74, 6) is 0.476. The Balaban J connectivity index is 1.40. The average molecular weight is 459 g/mol. The van der Waals surface area contributed by atoms with Gasteiger partial charge in [0.15, 0.2) is 4.77 Å². The lowest BCUT2D eigenvalue weighted by molar-refractivity contribution is 0.0951. The van der Waals surface area contributed by atoms with Gasteiger partial charge in [0, 0.05) is 24.8 Å². The van der Waals surface area contributed by atoms with Crippen LogP contribution in [-0.2, 0) is 19.7 Å². The largest absolute Gasteiger partial charge is 0.487 e. The molecule has 0 aliphatic rings. The Hall–Kier alpha value is -4.04. The quantitative estimate of drug-likeness (QED) is 0.306. The smallest absolute Gasteiger partial charge is 0.262 e. The van der Waals surface area contributed by atoms with Crippen molar-refractivity contribution >= 4 is 29.0 Å². The van der Waals surface area contributed by atoms with E-state index in [-0.39, 0.29) is 16.2 Å². The number of carbonyl (C=O) groups is 1. The standard InChI is InChI=1S/C25H22N4O3S/c1-2-13-29-24(31)21-11-8-18(14-22(21)28-25(29)33)23(30)27-15-17-6-9-20(10-7-17)32-16-19-5-3-4-12-26-19/h2-12,14H,1,13,15-16H2,(H,27,30)(H,28,33). The van der Waals surface area contributed by atoms with Gasteiger partial charge in [-0.1, -0.05) is 24.3 Å². The van der Waals surface area contributed by atoms with Crippen molar-refractivity contribution < 1.29 is 9.53 Å². The van der Waals surface area contributed by atoms with E-state index < -0.39 is 0 Å². The van der Waals surface area contributed by atoms with E-state index in [0.717, 1.165) is 17.0 Å². The van der Waals surface area contributed by atoms with E-state index in [1.807, 2.05) is 42.5 Å². The molecule has 0 aliphatic heterocycles. The topological polar surface area (TPSA) is 89.0 Å². The Morgan fingerprint density at radius 2 is 2.00 bits per heavy atom. The molecular formula is C25H22N4O3S. The summed E-state index contributed by atoms with van der Waals surface area (Å²) in [4.78, 5) is 32.5. The van der Waals surface area contributed by atoms with E-state index >= 15 is 0 Å². The van der Waals surface area contributed by atoms with E-state index in [1.165, 1.54) is 4.57 Å². The molecule has 0 saturated carbocycles. The molecule has 166 valence electrons. The summed E-state index contributed by atoms with van der Waals surface area (Å²) in [7, 11) is 0. The maximum atomic E-state index is 12.6. The molecule has 2 aromatic heterocycles. The number of aromatic amines is 1. The van der Waals surface area contributed by atoms with E-state index in [1.54, 1.807) is 30.5 Å². The molecule has 0 spiro atoms. The van der Waals surface area contributed by atoms with Gasteiger partial charge in [0.2, 0.25) is 0 Å². The second-order valence-electron chi connectivity index (χ2n) is 7.33. The third-order valence-electron chi connectivity index (χ3n) is 5.05. The molecule has 4 aromatic rings. The van der Waals surface area contributed by atoms with E-state index in [2.05, 4.69) is 21.9 Å². The van der Waals surface area contributed by atoms with Gasteiger partial charge in [-0.3, -0.25) is 19.1 Å².